The van der Waals surface area contributed by atoms with Gasteiger partial charge in [0.2, 0.25) is 5.91 Å². The first-order valence-corrected chi connectivity index (χ1v) is 9.86. The number of hydrogen-bond acceptors (Lipinski definition) is 3. The third-order valence-electron chi connectivity index (χ3n) is 4.90. The first-order chi connectivity index (χ1) is 14.3. The van der Waals surface area contributed by atoms with Crippen LogP contribution in [0.3, 0.4) is 0 Å². The van der Waals surface area contributed by atoms with Gasteiger partial charge in [-0.2, -0.15) is 0 Å². The predicted octanol–water partition coefficient (Wildman–Crippen LogP) is 5.21. The van der Waals surface area contributed by atoms with Gasteiger partial charge in [0.25, 0.3) is 0 Å². The zero-order valence-corrected chi connectivity index (χ0v) is 16.3. The summed E-state index contributed by atoms with van der Waals surface area (Å²) in [6.07, 6.45) is 3.18. The minimum atomic E-state index is -0.0153. The Kier molecular flexibility index (Phi) is 6.03. The van der Waals surface area contributed by atoms with Gasteiger partial charge >= 0.3 is 0 Å². The molecule has 1 aliphatic heterocycles. The molecule has 1 heterocycles. The fourth-order valence-electron chi connectivity index (χ4n) is 3.43. The van der Waals surface area contributed by atoms with Crippen LogP contribution >= 0.6 is 0 Å². The maximum atomic E-state index is 12.5. The van der Waals surface area contributed by atoms with Crippen molar-refractivity contribution in [2.75, 3.05) is 25.0 Å². The van der Waals surface area contributed by atoms with Crippen molar-refractivity contribution in [3.05, 3.63) is 96.6 Å². The number of ether oxygens (including phenoxy) is 1. The second kappa shape index (κ2) is 9.22. The molecule has 29 heavy (non-hydrogen) atoms. The molecule has 0 unspecified atom stereocenters. The second-order valence-corrected chi connectivity index (χ2v) is 7.07. The van der Waals surface area contributed by atoms with Crippen molar-refractivity contribution in [1.82, 2.24) is 4.90 Å². The van der Waals surface area contributed by atoms with E-state index in [-0.39, 0.29) is 5.91 Å². The molecule has 0 radical (unpaired) electrons. The topological polar surface area (TPSA) is 41.6 Å². The molecule has 0 fully saturated rings. The number of benzene rings is 3. The average molecular weight is 384 g/mol. The van der Waals surface area contributed by atoms with Crippen LogP contribution in [0, 0.1) is 0 Å². The summed E-state index contributed by atoms with van der Waals surface area (Å²) in [6.45, 7) is 2.04. The van der Waals surface area contributed by atoms with Crippen molar-refractivity contribution in [2.45, 2.75) is 6.42 Å². The van der Waals surface area contributed by atoms with Gasteiger partial charge in [-0.25, -0.2) is 0 Å². The second-order valence-electron chi connectivity index (χ2n) is 7.07. The Morgan fingerprint density at radius 3 is 2.34 bits per heavy atom. The molecule has 0 atom stereocenters. The summed E-state index contributed by atoms with van der Waals surface area (Å²) in [5.41, 5.74) is 3.36. The average Bonchev–Trinajstić information content (AvgIpc) is 2.76. The van der Waals surface area contributed by atoms with Crippen molar-refractivity contribution in [3.63, 3.8) is 0 Å². The Labute approximate surface area is 171 Å². The summed E-state index contributed by atoms with van der Waals surface area (Å²) in [6, 6.07) is 27.5. The molecule has 1 amide bonds. The Morgan fingerprint density at radius 2 is 1.62 bits per heavy atom. The number of para-hydroxylation sites is 1. The van der Waals surface area contributed by atoms with Gasteiger partial charge in [0.05, 0.1) is 6.54 Å². The van der Waals surface area contributed by atoms with Crippen LogP contribution in [-0.4, -0.2) is 30.4 Å². The minimum absolute atomic E-state index is 0.0153. The number of nitrogens with one attached hydrogen (secondary N) is 1. The largest absolute Gasteiger partial charge is 0.457 e. The van der Waals surface area contributed by atoms with Crippen LogP contribution in [0.4, 0.5) is 5.69 Å². The van der Waals surface area contributed by atoms with Crippen molar-refractivity contribution in [1.29, 1.82) is 0 Å². The Hall–Kier alpha value is -3.37. The molecule has 1 aliphatic rings. The predicted molar refractivity (Wildman–Crippen MR) is 117 cm³/mol. The molecule has 0 saturated carbocycles. The van der Waals surface area contributed by atoms with Crippen LogP contribution in [0.5, 0.6) is 11.5 Å². The van der Waals surface area contributed by atoms with E-state index >= 15 is 0 Å². The highest BCUT2D eigenvalue weighted by Crippen LogP contribution is 2.24. The Bertz CT molecular complexity index is 984. The summed E-state index contributed by atoms with van der Waals surface area (Å²) >= 11 is 0. The highest BCUT2D eigenvalue weighted by Gasteiger charge is 2.16. The van der Waals surface area contributed by atoms with Gasteiger partial charge in [-0.15, -0.1) is 0 Å². The lowest BCUT2D eigenvalue weighted by Gasteiger charge is -2.25. The van der Waals surface area contributed by atoms with Gasteiger partial charge in [0.1, 0.15) is 11.5 Å². The molecular formula is C25H24N2O2. The molecule has 4 heteroatoms. The van der Waals surface area contributed by atoms with E-state index in [1.807, 2.05) is 60.7 Å². The molecule has 4 nitrogen and oxygen atoms in total. The number of carbonyl (C=O) groups is 1. The molecule has 146 valence electrons. The quantitative estimate of drug-likeness (QED) is 0.635. The van der Waals surface area contributed by atoms with E-state index in [0.29, 0.717) is 12.3 Å². The summed E-state index contributed by atoms with van der Waals surface area (Å²) < 4.78 is 5.83. The van der Waals surface area contributed by atoms with Crippen LogP contribution in [0.15, 0.2) is 91.0 Å². The number of hydrogen-bond donors (Lipinski definition) is 1. The molecule has 0 spiro atoms. The summed E-state index contributed by atoms with van der Waals surface area (Å²) in [4.78, 5) is 14.6. The zero-order chi connectivity index (χ0) is 19.9. The smallest absolute Gasteiger partial charge is 0.238 e. The first-order valence-electron chi connectivity index (χ1n) is 9.86. The highest BCUT2D eigenvalue weighted by molar-refractivity contribution is 5.92. The normalized spacial score (nSPS) is 14.1. The van der Waals surface area contributed by atoms with E-state index < -0.39 is 0 Å². The highest BCUT2D eigenvalue weighted by atomic mass is 16.5. The fraction of sp³-hybridized carbons (Fsp3) is 0.160. The summed E-state index contributed by atoms with van der Waals surface area (Å²) in [5.74, 6) is 1.45. The van der Waals surface area contributed by atoms with E-state index in [1.165, 1.54) is 11.1 Å². The molecule has 0 saturated heterocycles. The fourth-order valence-corrected chi connectivity index (χ4v) is 3.43. The molecule has 3 aromatic rings. The van der Waals surface area contributed by atoms with Gasteiger partial charge in [-0.1, -0.05) is 60.7 Å². The maximum Gasteiger partial charge on any atom is 0.238 e. The maximum absolute atomic E-state index is 12.5. The van der Waals surface area contributed by atoms with Gasteiger partial charge in [-0.05, 0) is 41.8 Å². The lowest BCUT2D eigenvalue weighted by molar-refractivity contribution is -0.117. The molecule has 0 aliphatic carbocycles. The third-order valence-corrected chi connectivity index (χ3v) is 4.90. The summed E-state index contributed by atoms with van der Waals surface area (Å²) in [5, 5.41) is 2.98. The van der Waals surface area contributed by atoms with Crippen LogP contribution in [0.1, 0.15) is 12.0 Å². The molecule has 4 rings (SSSR count). The van der Waals surface area contributed by atoms with E-state index in [2.05, 4.69) is 40.6 Å². The van der Waals surface area contributed by atoms with E-state index in [0.717, 1.165) is 30.9 Å². The van der Waals surface area contributed by atoms with E-state index in [9.17, 15) is 4.79 Å². The summed E-state index contributed by atoms with van der Waals surface area (Å²) in [7, 11) is 0. The number of nitrogens with zero attached hydrogens (tertiary/aromatic N) is 1. The number of rotatable bonds is 6. The van der Waals surface area contributed by atoms with Crippen LogP contribution in [-0.2, 0) is 4.79 Å². The molecule has 0 bridgehead atoms. The van der Waals surface area contributed by atoms with Gasteiger partial charge in [-0.3, -0.25) is 9.69 Å². The monoisotopic (exact) mass is 384 g/mol. The lowest BCUT2D eigenvalue weighted by Crippen LogP contribution is -2.36. The van der Waals surface area contributed by atoms with Gasteiger partial charge in [0, 0.05) is 24.8 Å². The van der Waals surface area contributed by atoms with Gasteiger partial charge in [0.15, 0.2) is 0 Å². The standard InChI is InChI=1S/C25H24N2O2/c28-25(19-27-16-14-21(15-17-27)20-8-3-1-4-9-20)26-22-10-7-13-24(18-22)29-23-11-5-2-6-12-23/h1-14,18H,15-17,19H2,(H,26,28). The molecular weight excluding hydrogens is 360 g/mol. The van der Waals surface area contributed by atoms with Crippen molar-refractivity contribution in [3.8, 4) is 11.5 Å². The number of carbonyl (C=O) groups excluding carboxylic acids is 1. The van der Waals surface area contributed by atoms with Crippen LogP contribution in [0.2, 0.25) is 0 Å². The third kappa shape index (κ3) is 5.33. The number of amides is 1. The Balaban J connectivity index is 1.31. The first kappa shape index (κ1) is 19.0. The van der Waals surface area contributed by atoms with Crippen molar-refractivity contribution >= 4 is 17.2 Å². The minimum Gasteiger partial charge on any atom is -0.457 e. The van der Waals surface area contributed by atoms with E-state index in [1.54, 1.807) is 0 Å². The van der Waals surface area contributed by atoms with Crippen molar-refractivity contribution < 1.29 is 9.53 Å². The van der Waals surface area contributed by atoms with E-state index in [4.69, 9.17) is 4.74 Å². The number of anilines is 1. The molecule has 3 aromatic carbocycles. The molecule has 0 aromatic heterocycles. The van der Waals surface area contributed by atoms with Crippen LogP contribution in [0.25, 0.3) is 5.57 Å². The Morgan fingerprint density at radius 1 is 0.897 bits per heavy atom. The molecule has 1 N–H and O–H groups in total. The zero-order valence-electron chi connectivity index (χ0n) is 16.3. The van der Waals surface area contributed by atoms with Crippen LogP contribution < -0.4 is 10.1 Å². The SMILES string of the molecule is O=C(CN1CC=C(c2ccccc2)CC1)Nc1cccc(Oc2ccccc2)c1. The van der Waals surface area contributed by atoms with Gasteiger partial charge < -0.3 is 10.1 Å². The lowest BCUT2D eigenvalue weighted by atomic mass is 10.00. The van der Waals surface area contributed by atoms with Crippen molar-refractivity contribution in [2.24, 2.45) is 0 Å².